The largest absolute Gasteiger partial charge is 0.573 e. The van der Waals surface area contributed by atoms with Gasteiger partial charge in [0.25, 0.3) is 0 Å². The fourth-order valence-electron chi connectivity index (χ4n) is 5.61. The van der Waals surface area contributed by atoms with Crippen LogP contribution in [0, 0.1) is 10.8 Å². The first-order valence-electron chi connectivity index (χ1n) is 11.7. The third-order valence-corrected chi connectivity index (χ3v) is 6.27. The zero-order chi connectivity index (χ0) is 26.3. The molecule has 0 aliphatic heterocycles. The lowest BCUT2D eigenvalue weighted by Gasteiger charge is -2.45. The molecule has 0 atom stereocenters. The van der Waals surface area contributed by atoms with Gasteiger partial charge in [-0.1, -0.05) is 27.7 Å². The molecule has 1 fully saturated rings. The second kappa shape index (κ2) is 9.22. The van der Waals surface area contributed by atoms with Gasteiger partial charge in [-0.15, -0.1) is 13.2 Å². The van der Waals surface area contributed by atoms with Crippen molar-refractivity contribution in [2.24, 2.45) is 10.8 Å². The van der Waals surface area contributed by atoms with Crippen LogP contribution in [-0.4, -0.2) is 33.6 Å². The van der Waals surface area contributed by atoms with E-state index in [2.05, 4.69) is 42.3 Å². The molecule has 1 aliphatic carbocycles. The number of nitrogens with one attached hydrogen (secondary N) is 1. The lowest BCUT2D eigenvalue weighted by Crippen LogP contribution is -2.35. The van der Waals surface area contributed by atoms with E-state index < -0.39 is 18.9 Å². The molecule has 0 bridgehead atoms. The molecule has 0 unspecified atom stereocenters. The number of halogens is 3. The number of aromatic nitrogens is 2. The smallest absolute Gasteiger partial charge is 0.482 e. The van der Waals surface area contributed by atoms with Crippen LogP contribution < -0.4 is 14.8 Å². The van der Waals surface area contributed by atoms with Crippen molar-refractivity contribution in [3.63, 3.8) is 0 Å². The Labute approximate surface area is 207 Å². The molecule has 0 spiro atoms. The summed E-state index contributed by atoms with van der Waals surface area (Å²) in [5.41, 5.74) is 2.23. The number of carboxylic acid groups (broad SMARTS) is 1. The summed E-state index contributed by atoms with van der Waals surface area (Å²) < 4.78 is 49.0. The van der Waals surface area contributed by atoms with E-state index in [1.807, 2.05) is 6.07 Å². The number of carbonyl (C=O) groups is 1. The third-order valence-electron chi connectivity index (χ3n) is 6.27. The average molecular weight is 506 g/mol. The van der Waals surface area contributed by atoms with Gasteiger partial charge in [0, 0.05) is 17.8 Å². The van der Waals surface area contributed by atoms with Gasteiger partial charge in [-0.3, -0.25) is 0 Å². The normalized spacial score (nSPS) is 17.6. The SMILES string of the molecule is CC1(C)CC(n2c(Nc3ccc(OC(F)(F)F)cc3)nc3cc(OCC(=O)O)ccc32)CC(C)(C)C1. The van der Waals surface area contributed by atoms with Crippen molar-refractivity contribution in [1.82, 2.24) is 9.55 Å². The van der Waals surface area contributed by atoms with Gasteiger partial charge in [0.15, 0.2) is 6.61 Å². The van der Waals surface area contributed by atoms with Gasteiger partial charge < -0.3 is 24.5 Å². The van der Waals surface area contributed by atoms with Crippen molar-refractivity contribution in [2.75, 3.05) is 11.9 Å². The topological polar surface area (TPSA) is 85.6 Å². The minimum absolute atomic E-state index is 0.0986. The molecule has 1 aromatic heterocycles. The van der Waals surface area contributed by atoms with Crippen molar-refractivity contribution in [1.29, 1.82) is 0 Å². The second-order valence-electron chi connectivity index (χ2n) is 10.9. The van der Waals surface area contributed by atoms with E-state index in [-0.39, 0.29) is 22.6 Å². The number of ether oxygens (including phenoxy) is 2. The van der Waals surface area contributed by atoms with Crippen LogP contribution in [0.1, 0.15) is 53.0 Å². The number of imidazole rings is 1. The minimum atomic E-state index is -4.76. The zero-order valence-electron chi connectivity index (χ0n) is 20.6. The molecule has 0 amide bonds. The fraction of sp³-hybridized carbons (Fsp3) is 0.462. The highest BCUT2D eigenvalue weighted by Crippen LogP contribution is 2.51. The second-order valence-corrected chi connectivity index (χ2v) is 10.9. The van der Waals surface area contributed by atoms with E-state index in [1.54, 1.807) is 12.1 Å². The highest BCUT2D eigenvalue weighted by Gasteiger charge is 2.40. The zero-order valence-corrected chi connectivity index (χ0v) is 20.6. The summed E-state index contributed by atoms with van der Waals surface area (Å²) in [4.78, 5) is 15.7. The average Bonchev–Trinajstić information content (AvgIpc) is 3.07. The van der Waals surface area contributed by atoms with Crippen LogP contribution in [0.25, 0.3) is 11.0 Å². The summed E-state index contributed by atoms with van der Waals surface area (Å²) in [7, 11) is 0. The van der Waals surface area contributed by atoms with E-state index in [9.17, 15) is 18.0 Å². The summed E-state index contributed by atoms with van der Waals surface area (Å²) in [6.45, 7) is 8.55. The monoisotopic (exact) mass is 505 g/mol. The molecule has 2 N–H and O–H groups in total. The maximum Gasteiger partial charge on any atom is 0.573 e. The molecule has 194 valence electrons. The molecular weight excluding hydrogens is 475 g/mol. The summed E-state index contributed by atoms with van der Waals surface area (Å²) in [6.07, 6.45) is -1.83. The quantitative estimate of drug-likeness (QED) is 0.363. The summed E-state index contributed by atoms with van der Waals surface area (Å²) in [6, 6.07) is 10.9. The van der Waals surface area contributed by atoms with Crippen LogP contribution in [0.3, 0.4) is 0 Å². The lowest BCUT2D eigenvalue weighted by atomic mass is 9.63. The lowest BCUT2D eigenvalue weighted by molar-refractivity contribution is -0.274. The Kier molecular flexibility index (Phi) is 6.57. The summed E-state index contributed by atoms with van der Waals surface area (Å²) >= 11 is 0. The Balaban J connectivity index is 1.72. The first kappa shape index (κ1) is 25.7. The van der Waals surface area contributed by atoms with Crippen molar-refractivity contribution >= 4 is 28.6 Å². The molecule has 0 saturated heterocycles. The van der Waals surface area contributed by atoms with Gasteiger partial charge in [0.2, 0.25) is 5.95 Å². The van der Waals surface area contributed by atoms with Crippen LogP contribution in [0.2, 0.25) is 0 Å². The first-order valence-corrected chi connectivity index (χ1v) is 11.7. The number of anilines is 2. The first-order chi connectivity index (χ1) is 16.7. The number of aliphatic carboxylic acids is 1. The molecule has 1 aliphatic rings. The van der Waals surface area contributed by atoms with E-state index in [0.29, 0.717) is 22.9 Å². The van der Waals surface area contributed by atoms with Crippen molar-refractivity contribution in [3.05, 3.63) is 42.5 Å². The molecule has 4 rings (SSSR count). The Morgan fingerprint density at radius 2 is 1.69 bits per heavy atom. The third kappa shape index (κ3) is 6.22. The van der Waals surface area contributed by atoms with Crippen molar-refractivity contribution < 1.29 is 32.5 Å². The highest BCUT2D eigenvalue weighted by atomic mass is 19.4. The summed E-state index contributed by atoms with van der Waals surface area (Å²) in [5.74, 6) is -0.451. The van der Waals surface area contributed by atoms with E-state index in [1.165, 1.54) is 24.3 Å². The van der Waals surface area contributed by atoms with Crippen molar-refractivity contribution in [3.8, 4) is 11.5 Å². The van der Waals surface area contributed by atoms with Crippen molar-refractivity contribution in [2.45, 2.75) is 59.4 Å². The Morgan fingerprint density at radius 1 is 1.08 bits per heavy atom. The molecule has 1 saturated carbocycles. The molecule has 3 aromatic rings. The molecule has 0 radical (unpaired) electrons. The number of fused-ring (bicyclic) bond motifs is 1. The molecule has 10 heteroatoms. The molecule has 2 aromatic carbocycles. The summed E-state index contributed by atoms with van der Waals surface area (Å²) in [5, 5.41) is 12.2. The molecule has 1 heterocycles. The molecular formula is C26H30F3N3O4. The van der Waals surface area contributed by atoms with Gasteiger partial charge in [-0.2, -0.15) is 0 Å². The Bertz CT molecular complexity index is 1230. The highest BCUT2D eigenvalue weighted by molar-refractivity contribution is 5.81. The Morgan fingerprint density at radius 3 is 2.28 bits per heavy atom. The number of carboxylic acids is 1. The van der Waals surface area contributed by atoms with Gasteiger partial charge in [-0.25, -0.2) is 9.78 Å². The van der Waals surface area contributed by atoms with Crippen LogP contribution in [0.4, 0.5) is 24.8 Å². The number of nitrogens with zero attached hydrogens (tertiary/aromatic N) is 2. The van der Waals surface area contributed by atoms with E-state index >= 15 is 0 Å². The van der Waals surface area contributed by atoms with Gasteiger partial charge in [0.05, 0.1) is 11.0 Å². The fourth-order valence-corrected chi connectivity index (χ4v) is 5.61. The minimum Gasteiger partial charge on any atom is -0.482 e. The maximum atomic E-state index is 12.5. The molecule has 36 heavy (non-hydrogen) atoms. The van der Waals surface area contributed by atoms with E-state index in [4.69, 9.17) is 14.8 Å². The number of benzene rings is 2. The van der Waals surface area contributed by atoms with Gasteiger partial charge >= 0.3 is 12.3 Å². The number of hydrogen-bond donors (Lipinski definition) is 2. The van der Waals surface area contributed by atoms with Crippen LogP contribution in [0.15, 0.2) is 42.5 Å². The standard InChI is InChI=1S/C26H30F3N3O4/c1-24(2)12-17(13-25(3,4)15-24)32-21-10-9-19(35-14-22(33)34)11-20(21)31-23(32)30-16-5-7-18(8-6-16)36-26(27,28)29/h5-11,17H,12-15H2,1-4H3,(H,30,31)(H,33,34). The van der Waals surface area contributed by atoms with Crippen LogP contribution >= 0.6 is 0 Å². The predicted molar refractivity (Wildman–Crippen MR) is 130 cm³/mol. The number of rotatable bonds is 7. The number of hydrogen-bond acceptors (Lipinski definition) is 5. The van der Waals surface area contributed by atoms with E-state index in [0.717, 1.165) is 24.8 Å². The van der Waals surface area contributed by atoms with Gasteiger partial charge in [-0.05, 0) is 66.5 Å². The predicted octanol–water partition coefficient (Wildman–Crippen LogP) is 6.92. The number of alkyl halides is 3. The van der Waals surface area contributed by atoms with Crippen LogP contribution in [0.5, 0.6) is 11.5 Å². The Hall–Kier alpha value is -3.43. The van der Waals surface area contributed by atoms with Gasteiger partial charge in [0.1, 0.15) is 11.5 Å². The molecule has 7 nitrogen and oxygen atoms in total. The van der Waals surface area contributed by atoms with Crippen LogP contribution in [-0.2, 0) is 4.79 Å². The maximum absolute atomic E-state index is 12.5.